The number of ether oxygens (including phenoxy) is 1. The number of pyridine rings is 1. The molecule has 5 nitrogen and oxygen atoms in total. The summed E-state index contributed by atoms with van der Waals surface area (Å²) in [5, 5.41) is 0. The molecular formula is C16H16N4O. The van der Waals surface area contributed by atoms with Crippen molar-refractivity contribution in [3.05, 3.63) is 47.8 Å². The van der Waals surface area contributed by atoms with Crippen LogP contribution in [0.15, 0.2) is 36.4 Å². The van der Waals surface area contributed by atoms with Gasteiger partial charge in [0.25, 0.3) is 0 Å². The quantitative estimate of drug-likeness (QED) is 0.784. The summed E-state index contributed by atoms with van der Waals surface area (Å²) in [6, 6.07) is 12.1. The van der Waals surface area contributed by atoms with Gasteiger partial charge >= 0.3 is 0 Å². The van der Waals surface area contributed by atoms with Crippen LogP contribution in [0.25, 0.3) is 11.2 Å². The van der Waals surface area contributed by atoms with Gasteiger partial charge < -0.3 is 14.6 Å². The summed E-state index contributed by atoms with van der Waals surface area (Å²) in [6.45, 7) is 0. The minimum absolute atomic E-state index is 0.0561. The molecule has 0 radical (unpaired) electrons. The fourth-order valence-electron chi connectivity index (χ4n) is 2.64. The summed E-state index contributed by atoms with van der Waals surface area (Å²) >= 11 is 0. The number of aromatic nitrogens is 3. The molecule has 0 aliphatic carbocycles. The summed E-state index contributed by atoms with van der Waals surface area (Å²) in [6.07, 6.45) is 0.788. The lowest BCUT2D eigenvalue weighted by Crippen LogP contribution is -2.10. The van der Waals surface area contributed by atoms with Crippen molar-refractivity contribution in [1.29, 1.82) is 0 Å². The van der Waals surface area contributed by atoms with E-state index in [2.05, 4.69) is 21.0 Å². The molecule has 106 valence electrons. The van der Waals surface area contributed by atoms with E-state index in [1.54, 1.807) is 0 Å². The Bertz CT molecular complexity index is 784. The van der Waals surface area contributed by atoms with Crippen molar-refractivity contribution >= 4 is 17.0 Å². The van der Waals surface area contributed by atoms with Gasteiger partial charge in [-0.05, 0) is 23.8 Å². The van der Waals surface area contributed by atoms with Crippen molar-refractivity contribution in [2.45, 2.75) is 12.5 Å². The van der Waals surface area contributed by atoms with E-state index in [9.17, 15) is 0 Å². The number of imidazole rings is 1. The van der Waals surface area contributed by atoms with E-state index in [1.807, 2.05) is 49.3 Å². The van der Waals surface area contributed by atoms with E-state index < -0.39 is 0 Å². The van der Waals surface area contributed by atoms with Crippen LogP contribution in [-0.4, -0.2) is 29.0 Å². The number of aromatic amines is 1. The third-order valence-corrected chi connectivity index (χ3v) is 3.76. The Kier molecular flexibility index (Phi) is 2.60. The van der Waals surface area contributed by atoms with Crippen molar-refractivity contribution in [1.82, 2.24) is 15.0 Å². The number of para-hydroxylation sites is 1. The van der Waals surface area contributed by atoms with Gasteiger partial charge in [0.1, 0.15) is 11.6 Å². The van der Waals surface area contributed by atoms with E-state index in [-0.39, 0.29) is 6.10 Å². The maximum Gasteiger partial charge on any atom is 0.179 e. The second-order valence-corrected chi connectivity index (χ2v) is 5.48. The van der Waals surface area contributed by atoms with Crippen molar-refractivity contribution in [3.8, 4) is 5.75 Å². The van der Waals surface area contributed by atoms with Crippen LogP contribution in [0.2, 0.25) is 0 Å². The average Bonchev–Trinajstić information content (AvgIpc) is 3.09. The zero-order chi connectivity index (χ0) is 14.4. The van der Waals surface area contributed by atoms with E-state index in [4.69, 9.17) is 4.74 Å². The Morgan fingerprint density at radius 1 is 1.14 bits per heavy atom. The van der Waals surface area contributed by atoms with Gasteiger partial charge in [-0.3, -0.25) is 0 Å². The second kappa shape index (κ2) is 4.48. The zero-order valence-corrected chi connectivity index (χ0v) is 12.0. The number of H-pyrrole nitrogens is 1. The molecule has 0 amide bonds. The molecule has 1 N–H and O–H groups in total. The molecule has 1 aliphatic rings. The monoisotopic (exact) mass is 280 g/mol. The molecule has 0 bridgehead atoms. The maximum atomic E-state index is 5.97. The number of nitrogens with zero attached hydrogens (tertiary/aromatic N) is 3. The van der Waals surface area contributed by atoms with E-state index in [1.165, 1.54) is 5.56 Å². The van der Waals surface area contributed by atoms with Gasteiger partial charge in [0.05, 0.1) is 5.52 Å². The third kappa shape index (κ3) is 2.01. The summed E-state index contributed by atoms with van der Waals surface area (Å²) in [5.74, 6) is 2.69. The molecule has 0 saturated heterocycles. The Labute approximate surface area is 122 Å². The molecule has 1 aromatic carbocycles. The van der Waals surface area contributed by atoms with Crippen LogP contribution in [0.1, 0.15) is 17.5 Å². The van der Waals surface area contributed by atoms with E-state index >= 15 is 0 Å². The van der Waals surface area contributed by atoms with Crippen molar-refractivity contribution in [3.63, 3.8) is 0 Å². The van der Waals surface area contributed by atoms with E-state index in [0.29, 0.717) is 0 Å². The molecule has 0 fully saturated rings. The number of benzene rings is 1. The van der Waals surface area contributed by atoms with Crippen LogP contribution in [0.5, 0.6) is 5.75 Å². The Balaban J connectivity index is 1.69. The molecule has 1 aliphatic heterocycles. The molecule has 21 heavy (non-hydrogen) atoms. The Morgan fingerprint density at radius 3 is 2.81 bits per heavy atom. The summed E-state index contributed by atoms with van der Waals surface area (Å²) in [7, 11) is 3.94. The molecule has 0 saturated carbocycles. The highest BCUT2D eigenvalue weighted by Gasteiger charge is 2.26. The number of hydrogen-bond donors (Lipinski definition) is 1. The fraction of sp³-hybridized carbons (Fsp3) is 0.250. The van der Waals surface area contributed by atoms with E-state index in [0.717, 1.165) is 35.0 Å². The largest absolute Gasteiger partial charge is 0.482 e. The highest BCUT2D eigenvalue weighted by atomic mass is 16.5. The first-order chi connectivity index (χ1) is 10.2. The fourth-order valence-corrected chi connectivity index (χ4v) is 2.64. The van der Waals surface area contributed by atoms with Crippen LogP contribution >= 0.6 is 0 Å². The Morgan fingerprint density at radius 2 is 2.00 bits per heavy atom. The Hall–Kier alpha value is -2.56. The van der Waals surface area contributed by atoms with Gasteiger partial charge in [-0.2, -0.15) is 0 Å². The number of hydrogen-bond acceptors (Lipinski definition) is 4. The normalized spacial score (nSPS) is 16.8. The first kappa shape index (κ1) is 12.2. The summed E-state index contributed by atoms with van der Waals surface area (Å²) < 4.78 is 5.97. The molecule has 1 atom stereocenters. The predicted octanol–water partition coefficient (Wildman–Crippen LogP) is 2.70. The predicted molar refractivity (Wildman–Crippen MR) is 81.7 cm³/mol. The second-order valence-electron chi connectivity index (χ2n) is 5.48. The van der Waals surface area contributed by atoms with Gasteiger partial charge in [-0.25, -0.2) is 9.97 Å². The molecular weight excluding hydrogens is 264 g/mol. The highest BCUT2D eigenvalue weighted by molar-refractivity contribution is 5.73. The lowest BCUT2D eigenvalue weighted by molar-refractivity contribution is 0.229. The van der Waals surface area contributed by atoms with Crippen LogP contribution in [0, 0.1) is 0 Å². The van der Waals surface area contributed by atoms with Gasteiger partial charge in [-0.15, -0.1) is 0 Å². The molecule has 0 spiro atoms. The van der Waals surface area contributed by atoms with Gasteiger partial charge in [0.2, 0.25) is 0 Å². The number of anilines is 1. The van der Waals surface area contributed by atoms with Crippen LogP contribution in [-0.2, 0) is 6.42 Å². The van der Waals surface area contributed by atoms with Crippen molar-refractivity contribution in [2.24, 2.45) is 0 Å². The minimum Gasteiger partial charge on any atom is -0.482 e. The molecule has 1 unspecified atom stereocenters. The molecule has 2 aromatic heterocycles. The zero-order valence-electron chi connectivity index (χ0n) is 12.0. The first-order valence-corrected chi connectivity index (χ1v) is 6.99. The number of nitrogens with one attached hydrogen (secondary N) is 1. The topological polar surface area (TPSA) is 54.0 Å². The van der Waals surface area contributed by atoms with Gasteiger partial charge in [0, 0.05) is 20.5 Å². The summed E-state index contributed by atoms with van der Waals surface area (Å²) in [5.41, 5.74) is 2.90. The maximum absolute atomic E-state index is 5.97. The SMILES string of the molecule is CN(C)c1ccc2[nH]c(C3Cc4ccccc4O3)nc2n1. The minimum atomic E-state index is -0.0561. The lowest BCUT2D eigenvalue weighted by atomic mass is 10.1. The molecule has 3 heterocycles. The van der Waals surface area contributed by atoms with Crippen LogP contribution in [0.3, 0.4) is 0 Å². The van der Waals surface area contributed by atoms with Crippen LogP contribution < -0.4 is 9.64 Å². The molecule has 3 aromatic rings. The third-order valence-electron chi connectivity index (χ3n) is 3.76. The van der Waals surface area contributed by atoms with Crippen LogP contribution in [0.4, 0.5) is 5.82 Å². The number of fused-ring (bicyclic) bond motifs is 2. The standard InChI is InChI=1S/C16H16N4O/c1-20(2)14-8-7-11-15(18-14)19-16(17-11)13-9-10-5-3-4-6-12(10)21-13/h3-8,13H,9H2,1-2H3,(H,17,18,19). The van der Waals surface area contributed by atoms with Gasteiger partial charge in [-0.1, -0.05) is 18.2 Å². The smallest absolute Gasteiger partial charge is 0.179 e. The van der Waals surface area contributed by atoms with Gasteiger partial charge in [0.15, 0.2) is 17.6 Å². The van der Waals surface area contributed by atoms with Crippen molar-refractivity contribution < 1.29 is 4.74 Å². The lowest BCUT2D eigenvalue weighted by Gasteiger charge is -2.09. The van der Waals surface area contributed by atoms with Crippen molar-refractivity contribution in [2.75, 3.05) is 19.0 Å². The number of rotatable bonds is 2. The highest BCUT2D eigenvalue weighted by Crippen LogP contribution is 2.35. The average molecular weight is 280 g/mol. The first-order valence-electron chi connectivity index (χ1n) is 6.99. The summed E-state index contributed by atoms with van der Waals surface area (Å²) in [4.78, 5) is 14.4. The molecule has 5 heteroatoms. The molecule has 4 rings (SSSR count).